The SMILES string of the molecule is COc1nn(C)c2nc(C)c(CCC(=O)N3CCC4CCC(C3)N4)c(C)c12. The molecule has 4 heterocycles. The summed E-state index contributed by atoms with van der Waals surface area (Å²) in [7, 11) is 3.51. The number of hydrogen-bond acceptors (Lipinski definition) is 5. The van der Waals surface area contributed by atoms with E-state index in [0.717, 1.165) is 47.4 Å². The maximum atomic E-state index is 12.9. The molecule has 0 radical (unpaired) electrons. The van der Waals surface area contributed by atoms with Gasteiger partial charge in [-0.05, 0) is 50.7 Å². The molecule has 7 nitrogen and oxygen atoms in total. The average molecular weight is 371 g/mol. The van der Waals surface area contributed by atoms with E-state index >= 15 is 0 Å². The van der Waals surface area contributed by atoms with E-state index in [1.165, 1.54) is 12.8 Å². The van der Waals surface area contributed by atoms with Crippen LogP contribution in [0.15, 0.2) is 0 Å². The zero-order valence-electron chi connectivity index (χ0n) is 16.7. The Bertz CT molecular complexity index is 875. The Morgan fingerprint density at radius 3 is 2.81 bits per heavy atom. The normalized spacial score (nSPS) is 22.3. The number of amides is 1. The van der Waals surface area contributed by atoms with Gasteiger partial charge in [0.1, 0.15) is 0 Å². The largest absolute Gasteiger partial charge is 0.479 e. The molecule has 2 aromatic heterocycles. The van der Waals surface area contributed by atoms with Crippen molar-refractivity contribution in [1.29, 1.82) is 0 Å². The van der Waals surface area contributed by atoms with Gasteiger partial charge in [0, 0.05) is 44.3 Å². The number of nitrogens with one attached hydrogen (secondary N) is 1. The number of methoxy groups -OCH3 is 1. The van der Waals surface area contributed by atoms with Crippen LogP contribution in [0.4, 0.5) is 0 Å². The molecule has 2 saturated heterocycles. The number of nitrogens with zero attached hydrogens (tertiary/aromatic N) is 4. The van der Waals surface area contributed by atoms with Crippen LogP contribution in [0.1, 0.15) is 42.5 Å². The van der Waals surface area contributed by atoms with E-state index in [1.54, 1.807) is 11.8 Å². The lowest BCUT2D eigenvalue weighted by atomic mass is 9.99. The molecule has 2 bridgehead atoms. The minimum Gasteiger partial charge on any atom is -0.479 e. The first kappa shape index (κ1) is 18.2. The highest BCUT2D eigenvalue weighted by Gasteiger charge is 2.31. The molecule has 2 aromatic rings. The van der Waals surface area contributed by atoms with Crippen molar-refractivity contribution < 1.29 is 9.53 Å². The molecule has 0 spiro atoms. The lowest BCUT2D eigenvalue weighted by Gasteiger charge is -2.24. The quantitative estimate of drug-likeness (QED) is 0.888. The maximum absolute atomic E-state index is 12.9. The Balaban J connectivity index is 1.52. The van der Waals surface area contributed by atoms with Crippen molar-refractivity contribution >= 4 is 16.9 Å². The van der Waals surface area contributed by atoms with Crippen LogP contribution in [0, 0.1) is 13.8 Å². The van der Waals surface area contributed by atoms with Crippen LogP contribution in [-0.2, 0) is 18.3 Å². The second kappa shape index (κ2) is 7.11. The molecule has 2 aliphatic rings. The highest BCUT2D eigenvalue weighted by atomic mass is 16.5. The summed E-state index contributed by atoms with van der Waals surface area (Å²) in [6.07, 6.45) is 4.74. The summed E-state index contributed by atoms with van der Waals surface area (Å²) in [5.41, 5.74) is 4.05. The monoisotopic (exact) mass is 371 g/mol. The van der Waals surface area contributed by atoms with E-state index in [-0.39, 0.29) is 5.91 Å². The van der Waals surface area contributed by atoms with Gasteiger partial charge in [0.05, 0.1) is 12.5 Å². The van der Waals surface area contributed by atoms with Crippen LogP contribution in [0.5, 0.6) is 5.88 Å². The highest BCUT2D eigenvalue weighted by molar-refractivity contribution is 5.86. The van der Waals surface area contributed by atoms with Gasteiger partial charge in [-0.2, -0.15) is 0 Å². The molecule has 0 aromatic carbocycles. The Labute approximate surface area is 160 Å². The van der Waals surface area contributed by atoms with Gasteiger partial charge in [0.15, 0.2) is 5.65 Å². The van der Waals surface area contributed by atoms with Crippen molar-refractivity contribution in [3.63, 3.8) is 0 Å². The molecular weight excluding hydrogens is 342 g/mol. The molecular formula is C20H29N5O2. The third-order valence-electron chi connectivity index (χ3n) is 6.18. The van der Waals surface area contributed by atoms with Gasteiger partial charge >= 0.3 is 0 Å². The lowest BCUT2D eigenvalue weighted by Crippen LogP contribution is -2.39. The first-order chi connectivity index (χ1) is 13.0. The van der Waals surface area contributed by atoms with Gasteiger partial charge in [-0.25, -0.2) is 9.67 Å². The first-order valence-corrected chi connectivity index (χ1v) is 9.88. The molecule has 27 heavy (non-hydrogen) atoms. The van der Waals surface area contributed by atoms with Crippen LogP contribution in [0.25, 0.3) is 11.0 Å². The minimum absolute atomic E-state index is 0.251. The number of rotatable bonds is 4. The predicted octanol–water partition coefficient (Wildman–Crippen LogP) is 1.88. The van der Waals surface area contributed by atoms with Crippen molar-refractivity contribution in [2.24, 2.45) is 7.05 Å². The molecule has 2 unspecified atom stereocenters. The molecule has 146 valence electrons. The van der Waals surface area contributed by atoms with Crippen LogP contribution < -0.4 is 10.1 Å². The summed E-state index contributed by atoms with van der Waals surface area (Å²) in [5, 5.41) is 8.99. The van der Waals surface area contributed by atoms with E-state index in [1.807, 2.05) is 14.0 Å². The van der Waals surface area contributed by atoms with Gasteiger partial charge in [0.2, 0.25) is 11.8 Å². The fourth-order valence-electron chi connectivity index (χ4n) is 4.67. The molecule has 0 saturated carbocycles. The number of aryl methyl sites for hydroxylation is 3. The number of carbonyl (C=O) groups excluding carboxylic acids is 1. The maximum Gasteiger partial charge on any atom is 0.242 e. The van der Waals surface area contributed by atoms with E-state index in [4.69, 9.17) is 9.72 Å². The lowest BCUT2D eigenvalue weighted by molar-refractivity contribution is -0.131. The van der Waals surface area contributed by atoms with E-state index in [2.05, 4.69) is 22.2 Å². The van der Waals surface area contributed by atoms with Crippen molar-refractivity contribution in [2.45, 2.75) is 58.0 Å². The molecule has 1 amide bonds. The van der Waals surface area contributed by atoms with E-state index in [0.29, 0.717) is 30.8 Å². The van der Waals surface area contributed by atoms with Crippen molar-refractivity contribution in [1.82, 2.24) is 25.0 Å². The van der Waals surface area contributed by atoms with Crippen molar-refractivity contribution in [3.05, 3.63) is 16.8 Å². The van der Waals surface area contributed by atoms with Gasteiger partial charge in [0.25, 0.3) is 0 Å². The fourth-order valence-corrected chi connectivity index (χ4v) is 4.67. The average Bonchev–Trinajstić information content (AvgIpc) is 3.13. The van der Waals surface area contributed by atoms with E-state index < -0.39 is 0 Å². The molecule has 4 rings (SSSR count). The fraction of sp³-hybridized carbons (Fsp3) is 0.650. The number of fused-ring (bicyclic) bond motifs is 3. The summed E-state index contributed by atoms with van der Waals surface area (Å²) in [6, 6.07) is 1.07. The Morgan fingerprint density at radius 1 is 1.26 bits per heavy atom. The van der Waals surface area contributed by atoms with Crippen molar-refractivity contribution in [2.75, 3.05) is 20.2 Å². The molecule has 2 fully saturated rings. The predicted molar refractivity (Wildman–Crippen MR) is 104 cm³/mol. The number of carbonyl (C=O) groups is 1. The molecule has 2 aliphatic heterocycles. The zero-order valence-corrected chi connectivity index (χ0v) is 16.7. The second-order valence-electron chi connectivity index (χ2n) is 7.90. The third-order valence-corrected chi connectivity index (χ3v) is 6.18. The number of likely N-dealkylation sites (tertiary alicyclic amines) is 1. The standard InChI is InChI=1S/C20H29N5O2/c1-12-16(13(2)21-19-18(12)20(27-4)23-24(19)3)7-8-17(26)25-10-9-14-5-6-15(11-25)22-14/h14-15,22H,5-11H2,1-4H3. The first-order valence-electron chi connectivity index (χ1n) is 9.88. The molecule has 0 aliphatic carbocycles. The Morgan fingerprint density at radius 2 is 2.04 bits per heavy atom. The summed E-state index contributed by atoms with van der Waals surface area (Å²) >= 11 is 0. The molecule has 1 N–H and O–H groups in total. The van der Waals surface area contributed by atoms with E-state index in [9.17, 15) is 4.79 Å². The number of ether oxygens (including phenoxy) is 1. The van der Waals surface area contributed by atoms with Gasteiger partial charge in [-0.3, -0.25) is 4.79 Å². The summed E-state index contributed by atoms with van der Waals surface area (Å²) in [5.74, 6) is 0.848. The Kier molecular flexibility index (Phi) is 4.80. The smallest absolute Gasteiger partial charge is 0.242 e. The topological polar surface area (TPSA) is 72.3 Å². The summed E-state index contributed by atoms with van der Waals surface area (Å²) in [4.78, 5) is 19.6. The summed E-state index contributed by atoms with van der Waals surface area (Å²) in [6.45, 7) is 5.82. The van der Waals surface area contributed by atoms with Gasteiger partial charge < -0.3 is 15.0 Å². The molecule has 2 atom stereocenters. The third kappa shape index (κ3) is 3.29. The van der Waals surface area contributed by atoms with Crippen LogP contribution in [0.2, 0.25) is 0 Å². The Hall–Kier alpha value is -2.15. The number of pyridine rings is 1. The van der Waals surface area contributed by atoms with Crippen LogP contribution in [0.3, 0.4) is 0 Å². The number of hydrogen-bond donors (Lipinski definition) is 1. The van der Waals surface area contributed by atoms with Gasteiger partial charge in [-0.15, -0.1) is 5.10 Å². The van der Waals surface area contributed by atoms with Crippen LogP contribution in [-0.4, -0.2) is 57.9 Å². The van der Waals surface area contributed by atoms with Crippen LogP contribution >= 0.6 is 0 Å². The molecule has 7 heteroatoms. The summed E-state index contributed by atoms with van der Waals surface area (Å²) < 4.78 is 7.19. The van der Waals surface area contributed by atoms with Crippen molar-refractivity contribution in [3.8, 4) is 5.88 Å². The van der Waals surface area contributed by atoms with Gasteiger partial charge in [-0.1, -0.05) is 0 Å². The minimum atomic E-state index is 0.251. The zero-order chi connectivity index (χ0) is 19.1. The highest BCUT2D eigenvalue weighted by Crippen LogP contribution is 2.30. The number of aromatic nitrogens is 3. The second-order valence-corrected chi connectivity index (χ2v) is 7.90.